The van der Waals surface area contributed by atoms with Gasteiger partial charge in [0, 0.05) is 18.3 Å². The van der Waals surface area contributed by atoms with Gasteiger partial charge in [0.1, 0.15) is 0 Å². The highest BCUT2D eigenvalue weighted by Crippen LogP contribution is 2.29. The first-order valence-corrected chi connectivity index (χ1v) is 5.88. The zero-order valence-electron chi connectivity index (χ0n) is 9.45. The fourth-order valence-corrected chi connectivity index (χ4v) is 2.01. The lowest BCUT2D eigenvalue weighted by atomic mass is 10.1. The molecular formula is C13H20N2. The molecule has 0 bridgehead atoms. The Bertz CT molecular complexity index is 318. The van der Waals surface area contributed by atoms with Crippen LogP contribution in [-0.4, -0.2) is 17.5 Å². The Hall–Kier alpha value is -1.02. The van der Waals surface area contributed by atoms with E-state index in [0.29, 0.717) is 0 Å². The maximum Gasteiger partial charge on any atom is 0.0359 e. The van der Waals surface area contributed by atoms with Crippen LogP contribution in [0.4, 0.5) is 5.69 Å². The Morgan fingerprint density at radius 1 is 1.33 bits per heavy atom. The number of benzene rings is 1. The summed E-state index contributed by atoms with van der Waals surface area (Å²) in [5.74, 6) is 0. The van der Waals surface area contributed by atoms with E-state index in [1.165, 1.54) is 31.4 Å². The second kappa shape index (κ2) is 4.67. The lowest BCUT2D eigenvalue weighted by Crippen LogP contribution is -2.26. The predicted octanol–water partition coefficient (Wildman–Crippen LogP) is 2.64. The number of hydrogen-bond acceptors (Lipinski definition) is 2. The minimum absolute atomic E-state index is 0.824. The van der Waals surface area contributed by atoms with Crippen LogP contribution in [0.3, 0.4) is 0 Å². The normalized spacial score (nSPS) is 15.9. The number of nitrogen functional groups attached to an aromatic ring is 1. The minimum atomic E-state index is 0.824. The molecule has 2 nitrogen and oxygen atoms in total. The summed E-state index contributed by atoms with van der Waals surface area (Å²) in [6.07, 6.45) is 3.96. The van der Waals surface area contributed by atoms with E-state index in [1.54, 1.807) is 0 Å². The first-order valence-electron chi connectivity index (χ1n) is 5.88. The molecule has 0 spiro atoms. The Labute approximate surface area is 92.1 Å². The van der Waals surface area contributed by atoms with Crippen LogP contribution in [0, 0.1) is 0 Å². The van der Waals surface area contributed by atoms with Gasteiger partial charge < -0.3 is 5.73 Å². The first kappa shape index (κ1) is 10.5. The van der Waals surface area contributed by atoms with Gasteiger partial charge in [0.15, 0.2) is 0 Å². The van der Waals surface area contributed by atoms with E-state index in [9.17, 15) is 0 Å². The molecule has 82 valence electrons. The van der Waals surface area contributed by atoms with Crippen LogP contribution >= 0.6 is 0 Å². The van der Waals surface area contributed by atoms with Crippen molar-refractivity contribution in [1.82, 2.24) is 4.90 Å². The molecule has 2 rings (SSSR count). The van der Waals surface area contributed by atoms with E-state index in [1.807, 2.05) is 12.1 Å². The fraction of sp³-hybridized carbons (Fsp3) is 0.538. The van der Waals surface area contributed by atoms with Crippen LogP contribution < -0.4 is 5.73 Å². The zero-order chi connectivity index (χ0) is 10.7. The lowest BCUT2D eigenvalue weighted by Gasteiger charge is -2.21. The van der Waals surface area contributed by atoms with Crippen molar-refractivity contribution in [3.8, 4) is 0 Å². The van der Waals surface area contributed by atoms with Crippen molar-refractivity contribution in [1.29, 1.82) is 0 Å². The summed E-state index contributed by atoms with van der Waals surface area (Å²) >= 11 is 0. The Morgan fingerprint density at radius 2 is 2.07 bits per heavy atom. The zero-order valence-corrected chi connectivity index (χ0v) is 9.45. The van der Waals surface area contributed by atoms with Gasteiger partial charge in [-0.15, -0.1) is 0 Å². The highest BCUT2D eigenvalue weighted by molar-refractivity contribution is 5.46. The molecule has 0 atom stereocenters. The molecule has 0 radical (unpaired) electrons. The van der Waals surface area contributed by atoms with E-state index >= 15 is 0 Å². The topological polar surface area (TPSA) is 29.3 Å². The van der Waals surface area contributed by atoms with E-state index in [-0.39, 0.29) is 0 Å². The van der Waals surface area contributed by atoms with Crippen molar-refractivity contribution < 1.29 is 0 Å². The first-order chi connectivity index (χ1) is 7.31. The van der Waals surface area contributed by atoms with Crippen molar-refractivity contribution in [3.63, 3.8) is 0 Å². The van der Waals surface area contributed by atoms with Gasteiger partial charge in [-0.1, -0.05) is 25.1 Å². The fourth-order valence-electron chi connectivity index (χ4n) is 2.01. The molecule has 0 saturated heterocycles. The van der Waals surface area contributed by atoms with Crippen molar-refractivity contribution in [2.45, 2.75) is 38.8 Å². The summed E-state index contributed by atoms with van der Waals surface area (Å²) in [5, 5.41) is 0. The van der Waals surface area contributed by atoms with Crippen LogP contribution in [0.25, 0.3) is 0 Å². The molecule has 0 heterocycles. The molecule has 1 aromatic rings. The third-order valence-corrected chi connectivity index (χ3v) is 3.00. The van der Waals surface area contributed by atoms with Gasteiger partial charge in [0.25, 0.3) is 0 Å². The van der Waals surface area contributed by atoms with Gasteiger partial charge in [0.2, 0.25) is 0 Å². The molecule has 1 aliphatic carbocycles. The second-order valence-electron chi connectivity index (χ2n) is 4.40. The second-order valence-corrected chi connectivity index (χ2v) is 4.40. The van der Waals surface area contributed by atoms with E-state index in [0.717, 1.165) is 18.3 Å². The van der Waals surface area contributed by atoms with Gasteiger partial charge >= 0.3 is 0 Å². The molecule has 1 aliphatic rings. The summed E-state index contributed by atoms with van der Waals surface area (Å²) < 4.78 is 0. The highest BCUT2D eigenvalue weighted by atomic mass is 15.2. The maximum absolute atomic E-state index is 5.96. The average molecular weight is 204 g/mol. The molecule has 0 unspecified atom stereocenters. The summed E-state index contributed by atoms with van der Waals surface area (Å²) in [6, 6.07) is 9.03. The van der Waals surface area contributed by atoms with Crippen molar-refractivity contribution in [2.75, 3.05) is 12.3 Å². The van der Waals surface area contributed by atoms with Crippen molar-refractivity contribution >= 4 is 5.69 Å². The molecule has 15 heavy (non-hydrogen) atoms. The summed E-state index contributed by atoms with van der Waals surface area (Å²) in [4.78, 5) is 2.56. The number of rotatable bonds is 5. The van der Waals surface area contributed by atoms with Gasteiger partial charge in [-0.3, -0.25) is 4.90 Å². The molecule has 2 heteroatoms. The van der Waals surface area contributed by atoms with Gasteiger partial charge in [-0.25, -0.2) is 0 Å². The molecule has 2 N–H and O–H groups in total. The van der Waals surface area contributed by atoms with Crippen LogP contribution in [0.1, 0.15) is 31.7 Å². The number of anilines is 1. The number of hydrogen-bond donors (Lipinski definition) is 1. The quantitative estimate of drug-likeness (QED) is 0.747. The number of nitrogens with two attached hydrogens (primary N) is 1. The highest BCUT2D eigenvalue weighted by Gasteiger charge is 2.28. The van der Waals surface area contributed by atoms with Gasteiger partial charge in [0.05, 0.1) is 0 Å². The summed E-state index contributed by atoms with van der Waals surface area (Å²) in [7, 11) is 0. The summed E-state index contributed by atoms with van der Waals surface area (Å²) in [6.45, 7) is 4.45. The van der Waals surface area contributed by atoms with E-state index in [2.05, 4.69) is 24.0 Å². The van der Waals surface area contributed by atoms with Crippen LogP contribution in [0.5, 0.6) is 0 Å². The smallest absolute Gasteiger partial charge is 0.0359 e. The average Bonchev–Trinajstić information content (AvgIpc) is 3.04. The number of nitrogens with zero attached hydrogens (tertiary/aromatic N) is 1. The molecule has 1 fully saturated rings. The Balaban J connectivity index is 2.02. The Kier molecular flexibility index (Phi) is 3.27. The third kappa shape index (κ3) is 2.72. The largest absolute Gasteiger partial charge is 0.398 e. The standard InChI is InChI=1S/C13H20N2/c1-2-9-15(12-7-8-12)10-11-5-3-4-6-13(11)14/h3-6,12H,2,7-10,14H2,1H3. The maximum atomic E-state index is 5.96. The molecule has 0 amide bonds. The van der Waals surface area contributed by atoms with Crippen molar-refractivity contribution in [3.05, 3.63) is 29.8 Å². The van der Waals surface area contributed by atoms with E-state index < -0.39 is 0 Å². The van der Waals surface area contributed by atoms with Crippen molar-refractivity contribution in [2.24, 2.45) is 0 Å². The molecule has 0 aromatic heterocycles. The summed E-state index contributed by atoms with van der Waals surface area (Å²) in [5.41, 5.74) is 8.16. The molecule has 1 saturated carbocycles. The Morgan fingerprint density at radius 3 is 2.67 bits per heavy atom. The van der Waals surface area contributed by atoms with Gasteiger partial charge in [-0.2, -0.15) is 0 Å². The SMILES string of the molecule is CCCN(Cc1ccccc1N)C1CC1. The predicted molar refractivity (Wildman–Crippen MR) is 64.6 cm³/mol. The molecule has 0 aliphatic heterocycles. The van der Waals surface area contributed by atoms with Gasteiger partial charge in [-0.05, 0) is 37.4 Å². The molecule has 1 aromatic carbocycles. The van der Waals surface area contributed by atoms with Crippen LogP contribution in [-0.2, 0) is 6.54 Å². The third-order valence-electron chi connectivity index (χ3n) is 3.00. The molecular weight excluding hydrogens is 184 g/mol. The number of para-hydroxylation sites is 1. The monoisotopic (exact) mass is 204 g/mol. The van der Waals surface area contributed by atoms with Crippen LogP contribution in [0.2, 0.25) is 0 Å². The minimum Gasteiger partial charge on any atom is -0.398 e. The van der Waals surface area contributed by atoms with Crippen LogP contribution in [0.15, 0.2) is 24.3 Å². The lowest BCUT2D eigenvalue weighted by molar-refractivity contribution is 0.256. The van der Waals surface area contributed by atoms with E-state index in [4.69, 9.17) is 5.73 Å².